The van der Waals surface area contributed by atoms with Gasteiger partial charge in [0.15, 0.2) is 0 Å². The van der Waals surface area contributed by atoms with Crippen LogP contribution in [0.5, 0.6) is 0 Å². The summed E-state index contributed by atoms with van der Waals surface area (Å²) in [6, 6.07) is 0. The summed E-state index contributed by atoms with van der Waals surface area (Å²) in [5, 5.41) is 4.46. The molecule has 3 unspecified atom stereocenters. The number of hydrogen-bond donors (Lipinski definition) is 1. The van der Waals surface area contributed by atoms with Crippen molar-refractivity contribution >= 4 is 15.9 Å². The summed E-state index contributed by atoms with van der Waals surface area (Å²) in [5.41, 5.74) is 8.85. The monoisotopic (exact) mass is 313 g/mol. The molecule has 1 aliphatic rings. The molecule has 0 radical (unpaired) electrons. The SMILES string of the molecule is Cc1nn(C)c(CC2(N)CCC(C)C(C)C2)c1Br. The Balaban J connectivity index is 2.18. The van der Waals surface area contributed by atoms with Crippen molar-refractivity contribution < 1.29 is 0 Å². The first-order valence-corrected chi connectivity index (χ1v) is 7.58. The maximum absolute atomic E-state index is 6.63. The number of rotatable bonds is 2. The minimum absolute atomic E-state index is 0.0608. The highest BCUT2D eigenvalue weighted by molar-refractivity contribution is 9.10. The molecule has 0 aliphatic heterocycles. The van der Waals surface area contributed by atoms with Gasteiger partial charge in [0.2, 0.25) is 0 Å². The van der Waals surface area contributed by atoms with E-state index in [2.05, 4.69) is 34.9 Å². The third-order valence-corrected chi connectivity index (χ3v) is 5.61. The van der Waals surface area contributed by atoms with Crippen LogP contribution in [-0.4, -0.2) is 15.3 Å². The second kappa shape index (κ2) is 4.97. The van der Waals surface area contributed by atoms with Gasteiger partial charge in [-0.25, -0.2) is 0 Å². The average Bonchev–Trinajstić information content (AvgIpc) is 2.51. The van der Waals surface area contributed by atoms with Crippen molar-refractivity contribution in [3.63, 3.8) is 0 Å². The van der Waals surface area contributed by atoms with Crippen molar-refractivity contribution in [2.45, 2.75) is 52.0 Å². The zero-order valence-corrected chi connectivity index (χ0v) is 13.4. The Morgan fingerprint density at radius 1 is 1.44 bits per heavy atom. The van der Waals surface area contributed by atoms with Gasteiger partial charge in [-0.1, -0.05) is 13.8 Å². The summed E-state index contributed by atoms with van der Waals surface area (Å²) in [6.07, 6.45) is 4.40. The number of nitrogens with two attached hydrogens (primary N) is 1. The molecule has 0 aromatic carbocycles. The molecule has 102 valence electrons. The summed E-state index contributed by atoms with van der Waals surface area (Å²) in [6.45, 7) is 6.70. The molecule has 1 heterocycles. The van der Waals surface area contributed by atoms with E-state index in [9.17, 15) is 0 Å². The Kier molecular flexibility index (Phi) is 3.88. The fraction of sp³-hybridized carbons (Fsp3) is 0.786. The van der Waals surface area contributed by atoms with Crippen LogP contribution in [0.15, 0.2) is 4.47 Å². The fourth-order valence-corrected chi connectivity index (χ4v) is 3.59. The maximum atomic E-state index is 6.63. The van der Waals surface area contributed by atoms with E-state index in [0.29, 0.717) is 0 Å². The van der Waals surface area contributed by atoms with Crippen molar-refractivity contribution in [3.05, 3.63) is 15.9 Å². The van der Waals surface area contributed by atoms with E-state index in [1.807, 2.05) is 18.7 Å². The van der Waals surface area contributed by atoms with Crippen LogP contribution in [0.3, 0.4) is 0 Å². The van der Waals surface area contributed by atoms with E-state index in [1.165, 1.54) is 12.1 Å². The van der Waals surface area contributed by atoms with Gasteiger partial charge >= 0.3 is 0 Å². The molecule has 2 N–H and O–H groups in total. The molecule has 0 bridgehead atoms. The van der Waals surface area contributed by atoms with Crippen molar-refractivity contribution in [2.75, 3.05) is 0 Å². The standard InChI is InChI=1S/C14H24BrN3/c1-9-5-6-14(16,7-10(9)2)8-12-13(15)11(3)17-18(12)4/h9-10H,5-8,16H2,1-4H3. The minimum atomic E-state index is -0.0608. The van der Waals surface area contributed by atoms with Crippen molar-refractivity contribution in [1.29, 1.82) is 0 Å². The van der Waals surface area contributed by atoms with Crippen molar-refractivity contribution in [1.82, 2.24) is 9.78 Å². The lowest BCUT2D eigenvalue weighted by atomic mass is 9.70. The van der Waals surface area contributed by atoms with Gasteiger partial charge < -0.3 is 5.73 Å². The molecule has 1 aromatic heterocycles. The molecule has 1 saturated carbocycles. The van der Waals surface area contributed by atoms with Crippen molar-refractivity contribution in [3.8, 4) is 0 Å². The molecule has 4 heteroatoms. The first kappa shape index (κ1) is 14.1. The number of nitrogens with zero attached hydrogens (tertiary/aromatic N) is 2. The second-order valence-electron chi connectivity index (χ2n) is 6.21. The van der Waals surface area contributed by atoms with Crippen molar-refractivity contribution in [2.24, 2.45) is 24.6 Å². The summed E-state index contributed by atoms with van der Waals surface area (Å²) in [7, 11) is 2.01. The van der Waals surface area contributed by atoms with Gasteiger partial charge in [0.1, 0.15) is 0 Å². The molecule has 2 rings (SSSR count). The Morgan fingerprint density at radius 2 is 2.11 bits per heavy atom. The van der Waals surface area contributed by atoms with Crippen LogP contribution >= 0.6 is 15.9 Å². The van der Waals surface area contributed by atoms with E-state index in [0.717, 1.165) is 41.3 Å². The largest absolute Gasteiger partial charge is 0.325 e. The van der Waals surface area contributed by atoms with Gasteiger partial charge in [0, 0.05) is 19.0 Å². The lowest BCUT2D eigenvalue weighted by molar-refractivity contribution is 0.173. The van der Waals surface area contributed by atoms with Gasteiger partial charge in [0.25, 0.3) is 0 Å². The van der Waals surface area contributed by atoms with Crippen LogP contribution in [0.1, 0.15) is 44.5 Å². The van der Waals surface area contributed by atoms with Crippen LogP contribution in [0.2, 0.25) is 0 Å². The topological polar surface area (TPSA) is 43.8 Å². The first-order chi connectivity index (χ1) is 8.32. The molecule has 3 atom stereocenters. The average molecular weight is 314 g/mol. The molecule has 0 amide bonds. The molecule has 0 saturated heterocycles. The zero-order chi connectivity index (χ0) is 13.5. The second-order valence-corrected chi connectivity index (χ2v) is 7.00. The van der Waals surface area contributed by atoms with E-state index < -0.39 is 0 Å². The summed E-state index contributed by atoms with van der Waals surface area (Å²) in [4.78, 5) is 0. The number of aromatic nitrogens is 2. The number of aryl methyl sites for hydroxylation is 2. The number of hydrogen-bond acceptors (Lipinski definition) is 2. The Labute approximate surface area is 118 Å². The molecule has 1 aliphatic carbocycles. The Morgan fingerprint density at radius 3 is 2.61 bits per heavy atom. The summed E-state index contributed by atoms with van der Waals surface area (Å²) >= 11 is 3.64. The zero-order valence-electron chi connectivity index (χ0n) is 11.8. The highest BCUT2D eigenvalue weighted by Crippen LogP contribution is 2.37. The quantitative estimate of drug-likeness (QED) is 0.911. The van der Waals surface area contributed by atoms with Crippen LogP contribution in [0, 0.1) is 18.8 Å². The Hall–Kier alpha value is -0.350. The van der Waals surface area contributed by atoms with Crippen LogP contribution in [0.4, 0.5) is 0 Å². The summed E-state index contributed by atoms with van der Waals surface area (Å²) < 4.78 is 3.09. The molecule has 18 heavy (non-hydrogen) atoms. The maximum Gasteiger partial charge on any atom is 0.0738 e. The highest BCUT2D eigenvalue weighted by Gasteiger charge is 2.35. The molecular weight excluding hydrogens is 290 g/mol. The number of halogens is 1. The first-order valence-electron chi connectivity index (χ1n) is 6.79. The van der Waals surface area contributed by atoms with Gasteiger partial charge in [-0.3, -0.25) is 4.68 Å². The van der Waals surface area contributed by atoms with Crippen LogP contribution in [0.25, 0.3) is 0 Å². The lowest BCUT2D eigenvalue weighted by Gasteiger charge is -2.40. The van der Waals surface area contributed by atoms with E-state index in [4.69, 9.17) is 5.73 Å². The van der Waals surface area contributed by atoms with E-state index in [1.54, 1.807) is 0 Å². The predicted octanol–water partition coefficient (Wildman–Crippen LogP) is 3.19. The van der Waals surface area contributed by atoms with Crippen LogP contribution < -0.4 is 5.73 Å². The molecule has 1 aromatic rings. The van der Waals surface area contributed by atoms with Gasteiger partial charge in [-0.05, 0) is 54.0 Å². The third kappa shape index (κ3) is 2.64. The highest BCUT2D eigenvalue weighted by atomic mass is 79.9. The molecular formula is C14H24BrN3. The predicted molar refractivity (Wildman–Crippen MR) is 78.4 cm³/mol. The smallest absolute Gasteiger partial charge is 0.0738 e. The molecule has 1 fully saturated rings. The van der Waals surface area contributed by atoms with Gasteiger partial charge in [-0.15, -0.1) is 0 Å². The summed E-state index contributed by atoms with van der Waals surface area (Å²) in [5.74, 6) is 1.52. The molecule has 3 nitrogen and oxygen atoms in total. The van der Waals surface area contributed by atoms with Gasteiger partial charge in [-0.2, -0.15) is 5.10 Å². The lowest BCUT2D eigenvalue weighted by Crippen LogP contribution is -2.48. The van der Waals surface area contributed by atoms with E-state index in [-0.39, 0.29) is 5.54 Å². The molecule has 0 spiro atoms. The van der Waals surface area contributed by atoms with E-state index >= 15 is 0 Å². The fourth-order valence-electron chi connectivity index (χ4n) is 3.11. The minimum Gasteiger partial charge on any atom is -0.325 e. The third-order valence-electron chi connectivity index (χ3n) is 4.58. The van der Waals surface area contributed by atoms with Crippen LogP contribution in [-0.2, 0) is 13.5 Å². The normalized spacial score (nSPS) is 32.8. The Bertz CT molecular complexity index is 440. The van der Waals surface area contributed by atoms with Gasteiger partial charge in [0.05, 0.1) is 15.9 Å².